The molecule has 1 amide bonds. The molecule has 0 bridgehead atoms. The standard InChI is InChI=1S/C23H20FN3O/c1-16-20(10-9-17-11-13-25-14-12-17)27-15-5-4-8-21(27)22(16)23(28)26-19-7-3-2-6-18(19)24/h2-8,11-15H,9-10H2,1H3,(H,26,28). The number of nitrogens with zero attached hydrogens (tertiary/aromatic N) is 2. The molecule has 1 N–H and O–H groups in total. The highest BCUT2D eigenvalue weighted by atomic mass is 19.1. The molecule has 0 fully saturated rings. The van der Waals surface area contributed by atoms with Crippen molar-refractivity contribution in [3.05, 3.63) is 101 Å². The largest absolute Gasteiger partial charge is 0.320 e. The van der Waals surface area contributed by atoms with Crippen molar-refractivity contribution in [3.8, 4) is 0 Å². The number of pyridine rings is 2. The van der Waals surface area contributed by atoms with Crippen LogP contribution in [0.25, 0.3) is 5.52 Å². The number of hydrogen-bond donors (Lipinski definition) is 1. The lowest BCUT2D eigenvalue weighted by Gasteiger charge is -2.07. The Bertz CT molecular complexity index is 1140. The minimum atomic E-state index is -0.449. The minimum absolute atomic E-state index is 0.181. The molecular weight excluding hydrogens is 353 g/mol. The summed E-state index contributed by atoms with van der Waals surface area (Å²) in [4.78, 5) is 17.0. The summed E-state index contributed by atoms with van der Waals surface area (Å²) >= 11 is 0. The van der Waals surface area contributed by atoms with Gasteiger partial charge in [0, 0.05) is 24.3 Å². The van der Waals surface area contributed by atoms with Crippen molar-refractivity contribution >= 4 is 17.1 Å². The van der Waals surface area contributed by atoms with Gasteiger partial charge in [-0.2, -0.15) is 0 Å². The van der Waals surface area contributed by atoms with Gasteiger partial charge in [-0.25, -0.2) is 4.39 Å². The fourth-order valence-electron chi connectivity index (χ4n) is 3.55. The van der Waals surface area contributed by atoms with Crippen LogP contribution >= 0.6 is 0 Å². The predicted molar refractivity (Wildman–Crippen MR) is 108 cm³/mol. The highest BCUT2D eigenvalue weighted by Gasteiger charge is 2.21. The summed E-state index contributed by atoms with van der Waals surface area (Å²) in [5.41, 5.74) is 4.76. The van der Waals surface area contributed by atoms with Crippen LogP contribution in [0, 0.1) is 12.7 Å². The number of aromatic nitrogens is 2. The summed E-state index contributed by atoms with van der Waals surface area (Å²) in [6.45, 7) is 1.95. The molecule has 28 heavy (non-hydrogen) atoms. The molecule has 0 radical (unpaired) electrons. The molecule has 0 aliphatic rings. The number of para-hydroxylation sites is 1. The van der Waals surface area contributed by atoms with E-state index in [4.69, 9.17) is 0 Å². The van der Waals surface area contributed by atoms with Crippen molar-refractivity contribution in [1.29, 1.82) is 0 Å². The van der Waals surface area contributed by atoms with E-state index in [-0.39, 0.29) is 11.6 Å². The smallest absolute Gasteiger partial charge is 0.258 e. The average molecular weight is 373 g/mol. The number of aryl methyl sites for hydroxylation is 2. The molecule has 0 atom stereocenters. The molecule has 0 spiro atoms. The first-order valence-electron chi connectivity index (χ1n) is 9.18. The maximum atomic E-state index is 14.0. The van der Waals surface area contributed by atoms with E-state index in [2.05, 4.69) is 10.3 Å². The van der Waals surface area contributed by atoms with E-state index >= 15 is 0 Å². The molecule has 3 heterocycles. The van der Waals surface area contributed by atoms with Gasteiger partial charge in [-0.05, 0) is 67.3 Å². The zero-order valence-corrected chi connectivity index (χ0v) is 15.5. The maximum Gasteiger partial charge on any atom is 0.258 e. The molecule has 0 saturated carbocycles. The molecule has 0 aliphatic heterocycles. The van der Waals surface area contributed by atoms with Gasteiger partial charge in [0.15, 0.2) is 0 Å². The Hall–Kier alpha value is -3.47. The number of rotatable bonds is 5. The van der Waals surface area contributed by atoms with E-state index in [1.54, 1.807) is 30.6 Å². The van der Waals surface area contributed by atoms with Crippen molar-refractivity contribution in [3.63, 3.8) is 0 Å². The number of carbonyl (C=O) groups is 1. The number of halogens is 1. The number of carbonyl (C=O) groups excluding carboxylic acids is 1. The first kappa shape index (κ1) is 17.9. The summed E-state index contributed by atoms with van der Waals surface area (Å²) < 4.78 is 16.0. The third kappa shape index (κ3) is 3.39. The van der Waals surface area contributed by atoms with E-state index in [0.29, 0.717) is 5.56 Å². The Kier molecular flexibility index (Phi) is 4.89. The summed E-state index contributed by atoms with van der Waals surface area (Å²) in [5, 5.41) is 2.71. The second-order valence-corrected chi connectivity index (χ2v) is 6.69. The van der Waals surface area contributed by atoms with Crippen molar-refractivity contribution in [2.24, 2.45) is 0 Å². The van der Waals surface area contributed by atoms with Gasteiger partial charge in [0.2, 0.25) is 0 Å². The molecule has 4 aromatic rings. The lowest BCUT2D eigenvalue weighted by molar-refractivity contribution is 0.102. The topological polar surface area (TPSA) is 46.4 Å². The fraction of sp³-hybridized carbons (Fsp3) is 0.130. The van der Waals surface area contributed by atoms with Gasteiger partial charge < -0.3 is 9.72 Å². The third-order valence-corrected chi connectivity index (χ3v) is 4.96. The number of nitrogens with one attached hydrogen (secondary N) is 1. The minimum Gasteiger partial charge on any atom is -0.320 e. The molecule has 4 rings (SSSR count). The summed E-state index contributed by atoms with van der Waals surface area (Å²) in [6, 6.07) is 16.0. The molecule has 5 heteroatoms. The van der Waals surface area contributed by atoms with Crippen LogP contribution in [0.4, 0.5) is 10.1 Å². The summed E-state index contributed by atoms with van der Waals surface area (Å²) in [5.74, 6) is -0.753. The van der Waals surface area contributed by atoms with Gasteiger partial charge >= 0.3 is 0 Å². The molecule has 0 unspecified atom stereocenters. The predicted octanol–water partition coefficient (Wildman–Crippen LogP) is 4.82. The first-order chi connectivity index (χ1) is 13.6. The highest BCUT2D eigenvalue weighted by molar-refractivity contribution is 6.10. The Morgan fingerprint density at radius 3 is 2.57 bits per heavy atom. The Balaban J connectivity index is 1.70. The van der Waals surface area contributed by atoms with Gasteiger partial charge in [0.05, 0.1) is 16.8 Å². The van der Waals surface area contributed by atoms with Crippen molar-refractivity contribution < 1.29 is 9.18 Å². The quantitative estimate of drug-likeness (QED) is 0.545. The molecular formula is C23H20FN3O. The molecule has 4 nitrogen and oxygen atoms in total. The van der Waals surface area contributed by atoms with Crippen LogP contribution in [0.3, 0.4) is 0 Å². The fourth-order valence-corrected chi connectivity index (χ4v) is 3.55. The molecule has 0 saturated heterocycles. The monoisotopic (exact) mass is 373 g/mol. The van der Waals surface area contributed by atoms with E-state index < -0.39 is 5.82 Å². The summed E-state index contributed by atoms with van der Waals surface area (Å²) in [6.07, 6.45) is 7.16. The first-order valence-corrected chi connectivity index (χ1v) is 9.18. The van der Waals surface area contributed by atoms with E-state index in [1.165, 1.54) is 11.6 Å². The molecule has 140 valence electrons. The number of hydrogen-bond acceptors (Lipinski definition) is 2. The second kappa shape index (κ2) is 7.64. The average Bonchev–Trinajstić information content (AvgIpc) is 3.00. The number of anilines is 1. The van der Waals surface area contributed by atoms with Crippen LogP contribution in [0.15, 0.2) is 73.2 Å². The Morgan fingerprint density at radius 1 is 1.04 bits per heavy atom. The van der Waals surface area contributed by atoms with E-state index in [0.717, 1.165) is 29.6 Å². The van der Waals surface area contributed by atoms with Crippen LogP contribution in [-0.2, 0) is 12.8 Å². The van der Waals surface area contributed by atoms with Gasteiger partial charge in [-0.15, -0.1) is 0 Å². The van der Waals surface area contributed by atoms with Crippen molar-refractivity contribution in [2.75, 3.05) is 5.32 Å². The lowest BCUT2D eigenvalue weighted by Crippen LogP contribution is -2.14. The van der Waals surface area contributed by atoms with Crippen molar-refractivity contribution in [1.82, 2.24) is 9.38 Å². The normalized spacial score (nSPS) is 10.9. The van der Waals surface area contributed by atoms with Crippen LogP contribution in [0.2, 0.25) is 0 Å². The Labute approximate surface area is 162 Å². The number of benzene rings is 1. The van der Waals surface area contributed by atoms with Crippen LogP contribution in [0.1, 0.15) is 27.2 Å². The lowest BCUT2D eigenvalue weighted by atomic mass is 10.0. The third-order valence-electron chi connectivity index (χ3n) is 4.96. The molecule has 3 aromatic heterocycles. The number of fused-ring (bicyclic) bond motifs is 1. The number of amides is 1. The van der Waals surface area contributed by atoms with E-state index in [9.17, 15) is 9.18 Å². The SMILES string of the molecule is Cc1c(C(=O)Nc2ccccc2F)c2ccccn2c1CCc1ccncc1. The zero-order chi connectivity index (χ0) is 19.5. The van der Waals surface area contributed by atoms with Crippen LogP contribution in [0.5, 0.6) is 0 Å². The summed E-state index contributed by atoms with van der Waals surface area (Å²) in [7, 11) is 0. The molecule has 0 aliphatic carbocycles. The zero-order valence-electron chi connectivity index (χ0n) is 15.5. The van der Waals surface area contributed by atoms with Gasteiger partial charge in [-0.3, -0.25) is 9.78 Å². The van der Waals surface area contributed by atoms with Gasteiger partial charge in [0.1, 0.15) is 5.82 Å². The van der Waals surface area contributed by atoms with Crippen molar-refractivity contribution in [2.45, 2.75) is 19.8 Å². The molecule has 1 aromatic carbocycles. The van der Waals surface area contributed by atoms with Gasteiger partial charge in [0.25, 0.3) is 5.91 Å². The second-order valence-electron chi connectivity index (χ2n) is 6.69. The highest BCUT2D eigenvalue weighted by Crippen LogP contribution is 2.26. The van der Waals surface area contributed by atoms with Crippen LogP contribution in [-0.4, -0.2) is 15.3 Å². The van der Waals surface area contributed by atoms with Crippen LogP contribution < -0.4 is 5.32 Å². The van der Waals surface area contributed by atoms with Gasteiger partial charge in [-0.1, -0.05) is 18.2 Å². The Morgan fingerprint density at radius 2 is 1.79 bits per heavy atom. The maximum absolute atomic E-state index is 14.0. The van der Waals surface area contributed by atoms with E-state index in [1.807, 2.05) is 47.9 Å².